The maximum atomic E-state index is 12.6. The number of aromatic nitrogens is 3. The van der Waals surface area contributed by atoms with Crippen LogP contribution in [-0.2, 0) is 4.79 Å². The molecule has 4 aromatic rings. The molecule has 2 N–H and O–H groups in total. The van der Waals surface area contributed by atoms with Crippen molar-refractivity contribution in [3.63, 3.8) is 0 Å². The number of ketones is 1. The molecule has 1 aliphatic rings. The summed E-state index contributed by atoms with van der Waals surface area (Å²) in [6.45, 7) is 2.05. The lowest BCUT2D eigenvalue weighted by molar-refractivity contribution is -0.112. The van der Waals surface area contributed by atoms with Gasteiger partial charge >= 0.3 is 0 Å². The van der Waals surface area contributed by atoms with Crippen LogP contribution in [0, 0.1) is 0 Å². The highest BCUT2D eigenvalue weighted by Crippen LogP contribution is 2.23. The number of nitrogens with one attached hydrogen (secondary N) is 2. The summed E-state index contributed by atoms with van der Waals surface area (Å²) in [7, 11) is 0. The number of amides is 1. The van der Waals surface area contributed by atoms with Crippen LogP contribution in [-0.4, -0.2) is 40.0 Å². The van der Waals surface area contributed by atoms with Gasteiger partial charge in [-0.1, -0.05) is 43.2 Å². The first-order valence-corrected chi connectivity index (χ1v) is 11.3. The van der Waals surface area contributed by atoms with Crippen molar-refractivity contribution >= 4 is 34.1 Å². The molecule has 166 valence electrons. The van der Waals surface area contributed by atoms with Crippen molar-refractivity contribution in [3.8, 4) is 11.3 Å². The normalized spacial score (nSPS) is 14.1. The lowest BCUT2D eigenvalue weighted by Crippen LogP contribution is -2.25. The largest absolute Gasteiger partial charge is 0.360 e. The summed E-state index contributed by atoms with van der Waals surface area (Å²) in [5.41, 5.74) is 3.39. The minimum Gasteiger partial charge on any atom is -0.360 e. The number of fused-ring (bicyclic) bond motifs is 1. The van der Waals surface area contributed by atoms with Gasteiger partial charge in [-0.25, -0.2) is 0 Å². The Bertz CT molecular complexity index is 1270. The van der Waals surface area contributed by atoms with Crippen LogP contribution in [0.25, 0.3) is 22.2 Å². The quantitative estimate of drug-likeness (QED) is 0.343. The van der Waals surface area contributed by atoms with E-state index in [9.17, 15) is 9.59 Å². The van der Waals surface area contributed by atoms with E-state index in [-0.39, 0.29) is 0 Å². The zero-order valence-electron chi connectivity index (χ0n) is 18.3. The van der Waals surface area contributed by atoms with Crippen molar-refractivity contribution in [2.45, 2.75) is 25.7 Å². The van der Waals surface area contributed by atoms with E-state index in [1.54, 1.807) is 18.3 Å². The first kappa shape index (κ1) is 20.9. The van der Waals surface area contributed by atoms with Crippen LogP contribution in [0.15, 0.2) is 66.9 Å². The van der Waals surface area contributed by atoms with Crippen molar-refractivity contribution in [1.82, 2.24) is 15.2 Å². The standard InChI is InChI=1S/C26H25N5O2/c32-25(21-17-27-23-8-4-3-7-20(21)23)26(33)28-19-11-9-18(10-12-19)22-13-14-24(30-29-22)31-15-5-1-2-6-16-31/h3-4,7-14,17,27H,1-2,5-6,15-16H2,(H,28,33). The molecule has 3 heterocycles. The number of carbonyl (C=O) groups excluding carboxylic acids is 2. The highest BCUT2D eigenvalue weighted by atomic mass is 16.2. The number of aromatic amines is 1. The Morgan fingerprint density at radius 1 is 0.848 bits per heavy atom. The van der Waals surface area contributed by atoms with Crippen molar-refractivity contribution in [1.29, 1.82) is 0 Å². The van der Waals surface area contributed by atoms with Gasteiger partial charge < -0.3 is 15.2 Å². The second-order valence-corrected chi connectivity index (χ2v) is 8.29. The molecule has 0 aliphatic carbocycles. The molecule has 7 heteroatoms. The number of anilines is 2. The number of para-hydroxylation sites is 1. The number of carbonyl (C=O) groups is 2. The highest BCUT2D eigenvalue weighted by molar-refractivity contribution is 6.48. The summed E-state index contributed by atoms with van der Waals surface area (Å²) in [6, 6.07) is 18.6. The predicted octanol–water partition coefficient (Wildman–Crippen LogP) is 4.83. The molecule has 1 amide bonds. The van der Waals surface area contributed by atoms with E-state index in [0.717, 1.165) is 41.1 Å². The molecule has 0 unspecified atom stereocenters. The molecule has 5 rings (SSSR count). The Morgan fingerprint density at radius 3 is 2.33 bits per heavy atom. The molecule has 7 nitrogen and oxygen atoms in total. The summed E-state index contributed by atoms with van der Waals surface area (Å²) in [6.07, 6.45) is 6.51. The highest BCUT2D eigenvalue weighted by Gasteiger charge is 2.20. The van der Waals surface area contributed by atoms with E-state index >= 15 is 0 Å². The molecular formula is C26H25N5O2. The van der Waals surface area contributed by atoms with Crippen LogP contribution in [0.3, 0.4) is 0 Å². The van der Waals surface area contributed by atoms with E-state index < -0.39 is 11.7 Å². The van der Waals surface area contributed by atoms with E-state index in [0.29, 0.717) is 11.3 Å². The van der Waals surface area contributed by atoms with Crippen LogP contribution in [0.5, 0.6) is 0 Å². The minimum atomic E-state index is -0.672. The molecule has 1 aliphatic heterocycles. The van der Waals surface area contributed by atoms with E-state index in [1.807, 2.05) is 48.5 Å². The van der Waals surface area contributed by atoms with Gasteiger partial charge in [0, 0.05) is 41.4 Å². The maximum absolute atomic E-state index is 12.6. The third kappa shape index (κ3) is 4.48. The number of hydrogen-bond acceptors (Lipinski definition) is 5. The maximum Gasteiger partial charge on any atom is 0.296 e. The van der Waals surface area contributed by atoms with Gasteiger partial charge in [0.1, 0.15) is 0 Å². The average Bonchev–Trinajstić information content (AvgIpc) is 3.10. The molecule has 1 fully saturated rings. The van der Waals surface area contributed by atoms with Gasteiger partial charge in [-0.2, -0.15) is 0 Å². The Balaban J connectivity index is 1.25. The topological polar surface area (TPSA) is 91.0 Å². The Morgan fingerprint density at radius 2 is 1.61 bits per heavy atom. The summed E-state index contributed by atoms with van der Waals surface area (Å²) in [5, 5.41) is 12.2. The molecule has 33 heavy (non-hydrogen) atoms. The molecule has 0 bridgehead atoms. The third-order valence-electron chi connectivity index (χ3n) is 6.06. The van der Waals surface area contributed by atoms with Gasteiger partial charge in [0.15, 0.2) is 5.82 Å². The second-order valence-electron chi connectivity index (χ2n) is 8.29. The molecule has 1 saturated heterocycles. The van der Waals surface area contributed by atoms with Gasteiger partial charge in [0.25, 0.3) is 11.7 Å². The second kappa shape index (κ2) is 9.24. The van der Waals surface area contributed by atoms with Gasteiger partial charge in [-0.3, -0.25) is 9.59 Å². The molecule has 0 radical (unpaired) electrons. The fourth-order valence-corrected chi connectivity index (χ4v) is 4.24. The van der Waals surface area contributed by atoms with Gasteiger partial charge in [-0.15, -0.1) is 10.2 Å². The zero-order chi connectivity index (χ0) is 22.6. The molecule has 0 atom stereocenters. The fraction of sp³-hybridized carbons (Fsp3) is 0.231. The lowest BCUT2D eigenvalue weighted by atomic mass is 10.1. The van der Waals surface area contributed by atoms with Gasteiger partial charge in [0.2, 0.25) is 0 Å². The number of benzene rings is 2. The average molecular weight is 440 g/mol. The SMILES string of the molecule is O=C(Nc1ccc(-c2ccc(N3CCCCCC3)nn2)cc1)C(=O)c1c[nH]c2ccccc12. The van der Waals surface area contributed by atoms with E-state index in [2.05, 4.69) is 25.4 Å². The van der Waals surface area contributed by atoms with Crippen molar-refractivity contribution in [2.75, 3.05) is 23.3 Å². The number of Topliss-reactive ketones (excluding diaryl/α,β-unsaturated/α-hetero) is 1. The third-order valence-corrected chi connectivity index (χ3v) is 6.06. The first-order chi connectivity index (χ1) is 16.2. The Hall–Kier alpha value is -4.00. The smallest absolute Gasteiger partial charge is 0.296 e. The summed E-state index contributed by atoms with van der Waals surface area (Å²) < 4.78 is 0. The number of nitrogens with zero attached hydrogens (tertiary/aromatic N) is 3. The molecule has 2 aromatic heterocycles. The van der Waals surface area contributed by atoms with Crippen LogP contribution in [0.2, 0.25) is 0 Å². The van der Waals surface area contributed by atoms with Crippen molar-refractivity contribution < 1.29 is 9.59 Å². The molecule has 0 spiro atoms. The Labute approximate surface area is 191 Å². The number of hydrogen-bond donors (Lipinski definition) is 2. The minimum absolute atomic E-state index is 0.361. The van der Waals surface area contributed by atoms with Crippen molar-refractivity contribution in [2.24, 2.45) is 0 Å². The van der Waals surface area contributed by atoms with Crippen molar-refractivity contribution in [3.05, 3.63) is 72.4 Å². The lowest BCUT2D eigenvalue weighted by Gasteiger charge is -2.20. The molecule has 2 aromatic carbocycles. The first-order valence-electron chi connectivity index (χ1n) is 11.3. The van der Waals surface area contributed by atoms with Gasteiger partial charge in [-0.05, 0) is 43.2 Å². The van der Waals surface area contributed by atoms with Crippen LogP contribution >= 0.6 is 0 Å². The van der Waals surface area contributed by atoms with Crippen LogP contribution < -0.4 is 10.2 Å². The van der Waals surface area contributed by atoms with Gasteiger partial charge in [0.05, 0.1) is 11.3 Å². The van der Waals surface area contributed by atoms with Crippen LogP contribution in [0.1, 0.15) is 36.0 Å². The Kier molecular flexibility index (Phi) is 5.85. The summed E-state index contributed by atoms with van der Waals surface area (Å²) in [5.74, 6) is -0.332. The van der Waals surface area contributed by atoms with E-state index in [4.69, 9.17) is 0 Å². The summed E-state index contributed by atoms with van der Waals surface area (Å²) in [4.78, 5) is 30.5. The van der Waals surface area contributed by atoms with Crippen LogP contribution in [0.4, 0.5) is 11.5 Å². The zero-order valence-corrected chi connectivity index (χ0v) is 18.3. The fourth-order valence-electron chi connectivity index (χ4n) is 4.24. The monoisotopic (exact) mass is 439 g/mol. The number of H-pyrrole nitrogens is 1. The summed E-state index contributed by atoms with van der Waals surface area (Å²) >= 11 is 0. The molecule has 0 saturated carbocycles. The van der Waals surface area contributed by atoms with E-state index in [1.165, 1.54) is 25.7 Å². The predicted molar refractivity (Wildman–Crippen MR) is 129 cm³/mol. The molecular weight excluding hydrogens is 414 g/mol. The number of rotatable bonds is 5.